The van der Waals surface area contributed by atoms with E-state index in [-0.39, 0.29) is 17.9 Å². The maximum absolute atomic E-state index is 9.10. The Labute approximate surface area is 94.7 Å². The Morgan fingerprint density at radius 2 is 1.88 bits per heavy atom. The molecule has 0 spiro atoms. The minimum absolute atomic E-state index is 0.115. The average Bonchev–Trinajstić information content (AvgIpc) is 2.39. The van der Waals surface area contributed by atoms with Gasteiger partial charge >= 0.3 is 0 Å². The summed E-state index contributed by atoms with van der Waals surface area (Å²) in [4.78, 5) is 4.33. The van der Waals surface area contributed by atoms with Gasteiger partial charge in [0.15, 0.2) is 0 Å². The van der Waals surface area contributed by atoms with E-state index in [2.05, 4.69) is 17.1 Å². The molecule has 0 bridgehead atoms. The van der Waals surface area contributed by atoms with Crippen LogP contribution in [0.4, 0.5) is 0 Å². The molecule has 3 unspecified atom stereocenters. The molecular formula is C13H11N3. The summed E-state index contributed by atoms with van der Waals surface area (Å²) in [5.41, 5.74) is 1.04. The van der Waals surface area contributed by atoms with Crippen LogP contribution in [0.15, 0.2) is 35.3 Å². The molecule has 0 amide bonds. The smallest absolute Gasteiger partial charge is 0.0904 e. The fourth-order valence-electron chi connectivity index (χ4n) is 1.94. The van der Waals surface area contributed by atoms with Gasteiger partial charge in [0.1, 0.15) is 0 Å². The highest BCUT2D eigenvalue weighted by Gasteiger charge is 2.28. The Morgan fingerprint density at radius 1 is 1.12 bits per heavy atom. The second-order valence-corrected chi connectivity index (χ2v) is 3.86. The van der Waals surface area contributed by atoms with Crippen molar-refractivity contribution in [2.45, 2.75) is 12.5 Å². The number of aliphatic imine (C=N–C) groups is 1. The molecule has 0 radical (unpaired) electrons. The van der Waals surface area contributed by atoms with E-state index in [1.807, 2.05) is 30.3 Å². The maximum atomic E-state index is 9.10. The molecule has 0 saturated carbocycles. The lowest BCUT2D eigenvalue weighted by molar-refractivity contribution is 0.458. The van der Waals surface area contributed by atoms with Crippen molar-refractivity contribution in [3.05, 3.63) is 35.9 Å². The van der Waals surface area contributed by atoms with Crippen molar-refractivity contribution in [3.8, 4) is 12.1 Å². The maximum Gasteiger partial charge on any atom is 0.0904 e. The fourth-order valence-corrected chi connectivity index (χ4v) is 1.94. The Morgan fingerprint density at radius 3 is 2.50 bits per heavy atom. The van der Waals surface area contributed by atoms with Crippen LogP contribution in [0.2, 0.25) is 0 Å². The molecule has 0 fully saturated rings. The zero-order chi connectivity index (χ0) is 11.4. The highest BCUT2D eigenvalue weighted by Crippen LogP contribution is 2.33. The third-order valence-electron chi connectivity index (χ3n) is 2.79. The number of nitrogens with zero attached hydrogens (tertiary/aromatic N) is 3. The minimum Gasteiger partial charge on any atom is -0.287 e. The van der Waals surface area contributed by atoms with E-state index < -0.39 is 0 Å². The first-order chi connectivity index (χ1) is 7.85. The number of benzene rings is 1. The summed E-state index contributed by atoms with van der Waals surface area (Å²) in [5, 5.41) is 17.9. The predicted octanol–water partition coefficient (Wildman–Crippen LogP) is 2.48. The molecule has 0 saturated heterocycles. The van der Waals surface area contributed by atoms with Gasteiger partial charge in [-0.15, -0.1) is 0 Å². The van der Waals surface area contributed by atoms with Crippen molar-refractivity contribution in [1.82, 2.24) is 0 Å². The van der Waals surface area contributed by atoms with Crippen molar-refractivity contribution in [3.63, 3.8) is 0 Å². The van der Waals surface area contributed by atoms with Crippen molar-refractivity contribution in [1.29, 1.82) is 10.5 Å². The quantitative estimate of drug-likeness (QED) is 0.713. The zero-order valence-electron chi connectivity index (χ0n) is 8.74. The Hall–Kier alpha value is -2.13. The van der Waals surface area contributed by atoms with E-state index in [0.29, 0.717) is 6.42 Å². The Kier molecular flexibility index (Phi) is 2.98. The Balaban J connectivity index is 2.29. The van der Waals surface area contributed by atoms with Crippen LogP contribution in [0.5, 0.6) is 0 Å². The number of hydrogen-bond acceptors (Lipinski definition) is 3. The molecule has 0 aliphatic carbocycles. The van der Waals surface area contributed by atoms with Gasteiger partial charge in [-0.1, -0.05) is 30.3 Å². The molecule has 1 aromatic carbocycles. The first-order valence-corrected chi connectivity index (χ1v) is 5.22. The van der Waals surface area contributed by atoms with Crippen molar-refractivity contribution < 1.29 is 0 Å². The van der Waals surface area contributed by atoms with E-state index in [9.17, 15) is 0 Å². The molecule has 0 N–H and O–H groups in total. The second-order valence-electron chi connectivity index (χ2n) is 3.86. The van der Waals surface area contributed by atoms with Crippen LogP contribution in [0.25, 0.3) is 0 Å². The second kappa shape index (κ2) is 4.59. The summed E-state index contributed by atoms with van der Waals surface area (Å²) < 4.78 is 0. The minimum atomic E-state index is -0.218. The normalized spacial score (nSPS) is 28.0. The molecule has 1 aromatic rings. The molecule has 0 aromatic heterocycles. The molecule has 3 heteroatoms. The molecule has 1 aliphatic rings. The zero-order valence-corrected chi connectivity index (χ0v) is 8.74. The van der Waals surface area contributed by atoms with Gasteiger partial charge in [0.25, 0.3) is 0 Å². The van der Waals surface area contributed by atoms with Gasteiger partial charge in [-0.05, 0) is 12.0 Å². The van der Waals surface area contributed by atoms with E-state index in [1.54, 1.807) is 6.21 Å². The fraction of sp³-hybridized carbons (Fsp3) is 0.308. The molecular weight excluding hydrogens is 198 g/mol. The number of rotatable bonds is 1. The van der Waals surface area contributed by atoms with Crippen LogP contribution in [0.3, 0.4) is 0 Å². The van der Waals surface area contributed by atoms with Gasteiger partial charge in [0.2, 0.25) is 0 Å². The van der Waals surface area contributed by atoms with Crippen molar-refractivity contribution >= 4 is 6.21 Å². The molecule has 78 valence electrons. The van der Waals surface area contributed by atoms with Crippen LogP contribution < -0.4 is 0 Å². The van der Waals surface area contributed by atoms with Crippen molar-refractivity contribution in [2.75, 3.05) is 0 Å². The van der Waals surface area contributed by atoms with E-state index in [4.69, 9.17) is 10.5 Å². The van der Waals surface area contributed by atoms with Gasteiger partial charge in [-0.3, -0.25) is 4.99 Å². The standard InChI is InChI=1S/C13H11N3/c14-7-10-6-12(8-15)13(16-9-10)11-4-2-1-3-5-11/h1-5,9-10,12-13H,6H2. The van der Waals surface area contributed by atoms with Gasteiger partial charge in [-0.25, -0.2) is 0 Å². The highest BCUT2D eigenvalue weighted by molar-refractivity contribution is 5.66. The predicted molar refractivity (Wildman–Crippen MR) is 60.5 cm³/mol. The summed E-state index contributed by atoms with van der Waals surface area (Å²) in [5.74, 6) is -0.415. The molecule has 2 rings (SSSR count). The van der Waals surface area contributed by atoms with Gasteiger partial charge < -0.3 is 0 Å². The lowest BCUT2D eigenvalue weighted by atomic mass is 9.85. The van der Waals surface area contributed by atoms with E-state index in [0.717, 1.165) is 5.56 Å². The monoisotopic (exact) mass is 209 g/mol. The van der Waals surface area contributed by atoms with Gasteiger partial charge in [-0.2, -0.15) is 10.5 Å². The third kappa shape index (κ3) is 1.94. The number of hydrogen-bond donors (Lipinski definition) is 0. The van der Waals surface area contributed by atoms with Gasteiger partial charge in [0, 0.05) is 6.21 Å². The first-order valence-electron chi connectivity index (χ1n) is 5.22. The molecule has 16 heavy (non-hydrogen) atoms. The van der Waals surface area contributed by atoms with Gasteiger partial charge in [0.05, 0.1) is 30.0 Å². The largest absolute Gasteiger partial charge is 0.287 e. The molecule has 3 nitrogen and oxygen atoms in total. The summed E-state index contributed by atoms with van der Waals surface area (Å²) in [6, 6.07) is 14.0. The van der Waals surface area contributed by atoms with E-state index >= 15 is 0 Å². The van der Waals surface area contributed by atoms with Crippen LogP contribution in [0, 0.1) is 34.5 Å². The van der Waals surface area contributed by atoms with Crippen LogP contribution in [0.1, 0.15) is 18.0 Å². The SMILES string of the molecule is N#CC1C=NC(c2ccccc2)C(C#N)C1. The van der Waals surface area contributed by atoms with Crippen LogP contribution >= 0.6 is 0 Å². The molecule has 3 atom stereocenters. The first kappa shape index (κ1) is 10.4. The Bertz CT molecular complexity index is 464. The summed E-state index contributed by atoms with van der Waals surface area (Å²) in [7, 11) is 0. The lowest BCUT2D eigenvalue weighted by Gasteiger charge is -2.23. The molecule has 1 heterocycles. The topological polar surface area (TPSA) is 59.9 Å². The summed E-state index contributed by atoms with van der Waals surface area (Å²) >= 11 is 0. The van der Waals surface area contributed by atoms with Crippen molar-refractivity contribution in [2.24, 2.45) is 16.8 Å². The van der Waals surface area contributed by atoms with Crippen LogP contribution in [-0.4, -0.2) is 6.21 Å². The average molecular weight is 209 g/mol. The number of nitriles is 2. The van der Waals surface area contributed by atoms with Crippen LogP contribution in [-0.2, 0) is 0 Å². The summed E-state index contributed by atoms with van der Waals surface area (Å²) in [6.45, 7) is 0. The lowest BCUT2D eigenvalue weighted by Crippen LogP contribution is -2.20. The van der Waals surface area contributed by atoms with E-state index in [1.165, 1.54) is 0 Å². The summed E-state index contributed by atoms with van der Waals surface area (Å²) in [6.07, 6.45) is 2.25. The third-order valence-corrected chi connectivity index (χ3v) is 2.79. The highest BCUT2D eigenvalue weighted by atomic mass is 14.8. The molecule has 1 aliphatic heterocycles.